The van der Waals surface area contributed by atoms with E-state index in [1.54, 1.807) is 29.0 Å². The van der Waals surface area contributed by atoms with Gasteiger partial charge in [-0.05, 0) is 30.2 Å². The van der Waals surface area contributed by atoms with Crippen LogP contribution in [0.2, 0.25) is 5.15 Å². The number of para-hydroxylation sites is 1. The predicted molar refractivity (Wildman–Crippen MR) is 93.8 cm³/mol. The third kappa shape index (κ3) is 4.06. The zero-order valence-corrected chi connectivity index (χ0v) is 14.4. The number of fused-ring (bicyclic) bond motifs is 1. The van der Waals surface area contributed by atoms with Crippen molar-refractivity contribution < 1.29 is 14.3 Å². The van der Waals surface area contributed by atoms with Crippen LogP contribution in [0.4, 0.5) is 11.5 Å². The van der Waals surface area contributed by atoms with Crippen LogP contribution in [0.3, 0.4) is 0 Å². The van der Waals surface area contributed by atoms with Crippen LogP contribution < -0.4 is 9.80 Å². The van der Waals surface area contributed by atoms with E-state index in [9.17, 15) is 9.59 Å². The zero-order chi connectivity index (χ0) is 17.8. The molecule has 7 nitrogen and oxygen atoms in total. The number of benzene rings is 1. The first-order valence-electron chi connectivity index (χ1n) is 7.79. The molecule has 0 saturated heterocycles. The Morgan fingerprint density at radius 1 is 1.24 bits per heavy atom. The number of carbonyl (C=O) groups excluding carboxylic acids is 2. The number of hydrogen-bond donors (Lipinski definition) is 0. The Morgan fingerprint density at radius 2 is 2.04 bits per heavy atom. The van der Waals surface area contributed by atoms with Crippen molar-refractivity contribution in [3.05, 3.63) is 47.1 Å². The van der Waals surface area contributed by atoms with E-state index in [2.05, 4.69) is 10.2 Å². The molecule has 1 aromatic heterocycles. The van der Waals surface area contributed by atoms with Gasteiger partial charge < -0.3 is 14.5 Å². The first-order valence-corrected chi connectivity index (χ1v) is 8.16. The lowest BCUT2D eigenvalue weighted by Gasteiger charge is -2.19. The molecule has 0 bridgehead atoms. The summed E-state index contributed by atoms with van der Waals surface area (Å²) < 4.78 is 5.10. The first-order chi connectivity index (χ1) is 12.0. The molecule has 8 heteroatoms. The van der Waals surface area contributed by atoms with Crippen molar-refractivity contribution in [3.63, 3.8) is 0 Å². The molecule has 2 heterocycles. The fourth-order valence-corrected chi connectivity index (χ4v) is 2.75. The summed E-state index contributed by atoms with van der Waals surface area (Å²) in [6.45, 7) is 0.281. The van der Waals surface area contributed by atoms with Gasteiger partial charge >= 0.3 is 5.97 Å². The second-order valence-corrected chi connectivity index (χ2v) is 6.04. The van der Waals surface area contributed by atoms with Gasteiger partial charge in [-0.3, -0.25) is 9.59 Å². The van der Waals surface area contributed by atoms with E-state index >= 15 is 0 Å². The van der Waals surface area contributed by atoms with E-state index in [-0.39, 0.29) is 24.2 Å². The van der Waals surface area contributed by atoms with E-state index in [1.807, 2.05) is 24.3 Å². The van der Waals surface area contributed by atoms with Crippen LogP contribution in [0.25, 0.3) is 0 Å². The van der Waals surface area contributed by atoms with Crippen molar-refractivity contribution in [2.45, 2.75) is 6.42 Å². The van der Waals surface area contributed by atoms with Gasteiger partial charge in [0.05, 0.1) is 0 Å². The maximum atomic E-state index is 12.3. The number of aromatic nitrogens is 2. The third-order valence-electron chi connectivity index (χ3n) is 3.92. The van der Waals surface area contributed by atoms with Crippen molar-refractivity contribution >= 4 is 35.0 Å². The fourth-order valence-electron chi connectivity index (χ4n) is 2.65. The first kappa shape index (κ1) is 17.2. The molecule has 1 amide bonds. The smallest absolute Gasteiger partial charge is 0.326 e. The van der Waals surface area contributed by atoms with Crippen LogP contribution in [0.15, 0.2) is 36.4 Å². The minimum absolute atomic E-state index is 0.0415. The van der Waals surface area contributed by atoms with Crippen LogP contribution in [0.5, 0.6) is 0 Å². The van der Waals surface area contributed by atoms with E-state index in [4.69, 9.17) is 16.3 Å². The molecule has 0 unspecified atom stereocenters. The lowest BCUT2D eigenvalue weighted by molar-refractivity contribution is -0.146. The molecule has 0 aliphatic carbocycles. The van der Waals surface area contributed by atoms with Gasteiger partial charge in [-0.2, -0.15) is 0 Å². The zero-order valence-electron chi connectivity index (χ0n) is 13.7. The molecule has 130 valence electrons. The average molecular weight is 361 g/mol. The van der Waals surface area contributed by atoms with Gasteiger partial charge in [-0.1, -0.05) is 29.8 Å². The Hall–Kier alpha value is -2.67. The topological polar surface area (TPSA) is 75.6 Å². The summed E-state index contributed by atoms with van der Waals surface area (Å²) in [5.74, 6) is -0.256. The summed E-state index contributed by atoms with van der Waals surface area (Å²) in [4.78, 5) is 27.5. The predicted octanol–water partition coefficient (Wildman–Crippen LogP) is 1.70. The van der Waals surface area contributed by atoms with Gasteiger partial charge in [0.15, 0.2) is 17.6 Å². The van der Waals surface area contributed by atoms with Crippen LogP contribution in [0, 0.1) is 0 Å². The van der Waals surface area contributed by atoms with Gasteiger partial charge in [0.2, 0.25) is 0 Å². The van der Waals surface area contributed by atoms with E-state index in [1.165, 1.54) is 0 Å². The van der Waals surface area contributed by atoms with E-state index < -0.39 is 5.97 Å². The summed E-state index contributed by atoms with van der Waals surface area (Å²) in [6, 6.07) is 11.0. The number of amides is 1. The number of nitrogens with zero attached hydrogens (tertiary/aromatic N) is 4. The van der Waals surface area contributed by atoms with Gasteiger partial charge in [0.25, 0.3) is 5.91 Å². The molecule has 25 heavy (non-hydrogen) atoms. The Labute approximate surface area is 150 Å². The van der Waals surface area contributed by atoms with Gasteiger partial charge in [-0.25, -0.2) is 0 Å². The number of halogens is 1. The molecule has 3 rings (SSSR count). The molecule has 0 saturated carbocycles. The molecule has 0 fully saturated rings. The highest BCUT2D eigenvalue weighted by Gasteiger charge is 2.25. The minimum atomic E-state index is -0.514. The minimum Gasteiger partial charge on any atom is -0.454 e. The average Bonchev–Trinajstić information content (AvgIpc) is 3.04. The lowest BCUT2D eigenvalue weighted by atomic mass is 10.2. The van der Waals surface area contributed by atoms with Crippen molar-refractivity contribution in [2.24, 2.45) is 0 Å². The number of hydrogen-bond acceptors (Lipinski definition) is 6. The molecular weight excluding hydrogens is 344 g/mol. The molecule has 2 aromatic rings. The number of rotatable bonds is 5. The number of esters is 1. The number of carbonyl (C=O) groups is 2. The highest BCUT2D eigenvalue weighted by atomic mass is 35.5. The van der Waals surface area contributed by atoms with Gasteiger partial charge in [0, 0.05) is 19.3 Å². The Morgan fingerprint density at radius 3 is 2.80 bits per heavy atom. The molecule has 1 aliphatic heterocycles. The SMILES string of the molecule is CN(CC(=O)OCC(=O)N1CCc2ccccc21)c1ccc(Cl)nn1. The summed E-state index contributed by atoms with van der Waals surface area (Å²) >= 11 is 5.68. The molecule has 0 N–H and O–H groups in total. The Balaban J connectivity index is 1.51. The summed E-state index contributed by atoms with van der Waals surface area (Å²) in [7, 11) is 1.68. The molecule has 0 spiro atoms. The molecule has 1 aliphatic rings. The standard InChI is InChI=1S/C17H17ClN4O3/c1-21(15-7-6-14(18)19-20-15)10-17(24)25-11-16(23)22-9-8-12-4-2-3-5-13(12)22/h2-7H,8-11H2,1H3. The van der Waals surface area contributed by atoms with Crippen LogP contribution in [-0.4, -0.2) is 48.8 Å². The second kappa shape index (κ2) is 7.48. The Kier molecular flexibility index (Phi) is 5.14. The highest BCUT2D eigenvalue weighted by Crippen LogP contribution is 2.27. The number of anilines is 2. The number of likely N-dealkylation sites (N-methyl/N-ethyl adjacent to an activating group) is 1. The monoisotopic (exact) mass is 360 g/mol. The highest BCUT2D eigenvalue weighted by molar-refractivity contribution is 6.29. The van der Waals surface area contributed by atoms with Gasteiger partial charge in [0.1, 0.15) is 6.54 Å². The van der Waals surface area contributed by atoms with E-state index in [0.717, 1.165) is 17.7 Å². The fraction of sp³-hybridized carbons (Fsp3) is 0.294. The van der Waals surface area contributed by atoms with E-state index in [0.29, 0.717) is 12.4 Å². The van der Waals surface area contributed by atoms with Crippen LogP contribution in [-0.2, 0) is 20.7 Å². The normalized spacial score (nSPS) is 12.6. The quantitative estimate of drug-likeness (QED) is 0.755. The van der Waals surface area contributed by atoms with Crippen LogP contribution >= 0.6 is 11.6 Å². The van der Waals surface area contributed by atoms with Crippen molar-refractivity contribution in [1.82, 2.24) is 10.2 Å². The third-order valence-corrected chi connectivity index (χ3v) is 4.12. The largest absolute Gasteiger partial charge is 0.454 e. The van der Waals surface area contributed by atoms with Gasteiger partial charge in [-0.15, -0.1) is 10.2 Å². The molecule has 0 atom stereocenters. The summed E-state index contributed by atoms with van der Waals surface area (Å²) in [5.41, 5.74) is 2.01. The Bertz CT molecular complexity index is 782. The molecular formula is C17H17ClN4O3. The molecule has 0 radical (unpaired) electrons. The maximum absolute atomic E-state index is 12.3. The van der Waals surface area contributed by atoms with Crippen molar-refractivity contribution in [1.29, 1.82) is 0 Å². The maximum Gasteiger partial charge on any atom is 0.326 e. The van der Waals surface area contributed by atoms with Crippen molar-refractivity contribution in [3.8, 4) is 0 Å². The molecule has 1 aromatic carbocycles. The van der Waals surface area contributed by atoms with Crippen molar-refractivity contribution in [2.75, 3.05) is 36.5 Å². The summed E-state index contributed by atoms with van der Waals surface area (Å²) in [6.07, 6.45) is 0.813. The number of ether oxygens (including phenoxy) is 1. The van der Waals surface area contributed by atoms with Crippen LogP contribution in [0.1, 0.15) is 5.56 Å². The summed E-state index contributed by atoms with van der Waals surface area (Å²) in [5, 5.41) is 7.87. The lowest BCUT2D eigenvalue weighted by Crippen LogP contribution is -2.35. The second-order valence-electron chi connectivity index (χ2n) is 5.66.